The highest BCUT2D eigenvalue weighted by Gasteiger charge is 2.31. The Morgan fingerprint density at radius 3 is 2.00 bits per heavy atom. The van der Waals surface area contributed by atoms with Gasteiger partial charge in [0, 0.05) is 0 Å². The van der Waals surface area contributed by atoms with Crippen molar-refractivity contribution in [2.75, 3.05) is 0 Å². The molecule has 0 fully saturated rings. The Morgan fingerprint density at radius 1 is 1.08 bits per heavy atom. The molecule has 0 atom stereocenters. The van der Waals surface area contributed by atoms with Crippen molar-refractivity contribution in [3.8, 4) is 0 Å². The second-order valence-electron chi connectivity index (χ2n) is 2.90. The fourth-order valence-electron chi connectivity index (χ4n) is 0.980. The van der Waals surface area contributed by atoms with Crippen LogP contribution in [0.25, 0.3) is 0 Å². The number of aryl methyl sites for hydroxylation is 1. The summed E-state index contributed by atoms with van der Waals surface area (Å²) in [6.45, 7) is 2.90. The van der Waals surface area contributed by atoms with E-state index >= 15 is 0 Å². The molecule has 1 aromatic rings. The minimum absolute atomic E-state index is 0.257. The highest BCUT2D eigenvalue weighted by atomic mass is 19.4. The minimum atomic E-state index is -4.47. The molecule has 0 aromatic heterocycles. The van der Waals surface area contributed by atoms with Gasteiger partial charge in [0.05, 0.1) is 5.56 Å². The molecule has 0 radical (unpaired) electrons. The Morgan fingerprint density at radius 2 is 1.62 bits per heavy atom. The van der Waals surface area contributed by atoms with Gasteiger partial charge in [-0.15, -0.1) is 0 Å². The van der Waals surface area contributed by atoms with Crippen molar-refractivity contribution in [2.24, 2.45) is 0 Å². The number of hydrogen-bond donors (Lipinski definition) is 0. The first-order valence-electron chi connectivity index (χ1n) is 3.66. The lowest BCUT2D eigenvalue weighted by Crippen LogP contribution is -2.06. The van der Waals surface area contributed by atoms with Gasteiger partial charge in [0.15, 0.2) is 0 Å². The van der Waals surface area contributed by atoms with Crippen LogP contribution in [0, 0.1) is 19.7 Å². The number of alkyl halides is 3. The highest BCUT2D eigenvalue weighted by Crippen LogP contribution is 2.31. The molecule has 0 heterocycles. The zero-order chi connectivity index (χ0) is 10.2. The van der Waals surface area contributed by atoms with Crippen LogP contribution in [-0.4, -0.2) is 0 Å². The normalized spacial score (nSPS) is 11.8. The summed E-state index contributed by atoms with van der Waals surface area (Å²) in [5, 5.41) is 0. The second kappa shape index (κ2) is 3.01. The zero-order valence-electron chi connectivity index (χ0n) is 7.17. The Balaban J connectivity index is 3.29. The van der Waals surface area contributed by atoms with Crippen LogP contribution < -0.4 is 0 Å². The fraction of sp³-hybridized carbons (Fsp3) is 0.333. The average Bonchev–Trinajstić information content (AvgIpc) is 1.97. The topological polar surface area (TPSA) is 0 Å². The summed E-state index contributed by atoms with van der Waals surface area (Å²) < 4.78 is 49.2. The number of hydrogen-bond acceptors (Lipinski definition) is 0. The van der Waals surface area contributed by atoms with E-state index in [1.807, 2.05) is 0 Å². The molecule has 0 bridgehead atoms. The largest absolute Gasteiger partial charge is 0.416 e. The smallest absolute Gasteiger partial charge is 0.207 e. The zero-order valence-corrected chi connectivity index (χ0v) is 7.17. The van der Waals surface area contributed by atoms with Gasteiger partial charge in [0.2, 0.25) is 0 Å². The van der Waals surface area contributed by atoms with Gasteiger partial charge in [-0.2, -0.15) is 13.2 Å². The molecule has 0 saturated carbocycles. The molecule has 0 N–H and O–H groups in total. The Kier molecular flexibility index (Phi) is 2.32. The standard InChI is InChI=1S/C9H8F4/c1-5-3-7(9(11,12)13)4-8(10)6(5)2/h3-4H,1-2H3. The van der Waals surface area contributed by atoms with Crippen molar-refractivity contribution in [1.82, 2.24) is 0 Å². The molecule has 0 aliphatic rings. The molecule has 0 amide bonds. The predicted octanol–water partition coefficient (Wildman–Crippen LogP) is 3.46. The average molecular weight is 192 g/mol. The fourth-order valence-corrected chi connectivity index (χ4v) is 0.980. The minimum Gasteiger partial charge on any atom is -0.207 e. The van der Waals surface area contributed by atoms with Crippen LogP contribution in [0.5, 0.6) is 0 Å². The predicted molar refractivity (Wildman–Crippen MR) is 40.9 cm³/mol. The summed E-state index contributed by atoms with van der Waals surface area (Å²) in [5.74, 6) is -0.813. The summed E-state index contributed by atoms with van der Waals surface area (Å²) in [6.07, 6.45) is -4.47. The van der Waals surface area contributed by atoms with Gasteiger partial charge in [0.25, 0.3) is 0 Å². The van der Waals surface area contributed by atoms with Gasteiger partial charge in [-0.3, -0.25) is 0 Å². The summed E-state index contributed by atoms with van der Waals surface area (Å²) in [5.41, 5.74) is -0.367. The lowest BCUT2D eigenvalue weighted by molar-refractivity contribution is -0.137. The summed E-state index contributed by atoms with van der Waals surface area (Å²) in [6, 6.07) is 1.46. The van der Waals surface area contributed by atoms with Crippen LogP contribution in [0.15, 0.2) is 12.1 Å². The Bertz CT molecular complexity index is 302. The van der Waals surface area contributed by atoms with E-state index in [2.05, 4.69) is 0 Å². The van der Waals surface area contributed by atoms with Crippen LogP contribution in [0.4, 0.5) is 17.6 Å². The van der Waals surface area contributed by atoms with Crippen molar-refractivity contribution < 1.29 is 17.6 Å². The molecule has 13 heavy (non-hydrogen) atoms. The van der Waals surface area contributed by atoms with Gasteiger partial charge >= 0.3 is 6.18 Å². The van der Waals surface area contributed by atoms with Crippen LogP contribution in [-0.2, 0) is 6.18 Å². The number of halogens is 4. The van der Waals surface area contributed by atoms with Crippen LogP contribution in [0.3, 0.4) is 0 Å². The maximum Gasteiger partial charge on any atom is 0.416 e. The van der Waals surface area contributed by atoms with E-state index in [9.17, 15) is 17.6 Å². The Labute approximate surface area is 73.2 Å². The van der Waals surface area contributed by atoms with E-state index in [0.29, 0.717) is 11.6 Å². The first-order chi connectivity index (χ1) is 5.82. The first kappa shape index (κ1) is 10.0. The SMILES string of the molecule is Cc1cc(C(F)(F)F)cc(F)c1C. The van der Waals surface area contributed by atoms with Gasteiger partial charge in [-0.1, -0.05) is 0 Å². The monoisotopic (exact) mass is 192 g/mol. The molecule has 1 rings (SSSR count). The van der Waals surface area contributed by atoms with Crippen molar-refractivity contribution in [2.45, 2.75) is 20.0 Å². The van der Waals surface area contributed by atoms with Crippen LogP contribution >= 0.6 is 0 Å². The van der Waals surface area contributed by atoms with E-state index in [-0.39, 0.29) is 5.56 Å². The van der Waals surface area contributed by atoms with Gasteiger partial charge in [-0.05, 0) is 37.1 Å². The second-order valence-corrected chi connectivity index (χ2v) is 2.90. The summed E-state index contributed by atoms with van der Waals surface area (Å²) >= 11 is 0. The molecule has 1 aromatic carbocycles. The molecule has 0 nitrogen and oxygen atoms in total. The van der Waals surface area contributed by atoms with Crippen molar-refractivity contribution in [3.05, 3.63) is 34.6 Å². The van der Waals surface area contributed by atoms with E-state index in [0.717, 1.165) is 6.07 Å². The van der Waals surface area contributed by atoms with Crippen molar-refractivity contribution >= 4 is 0 Å². The molecule has 0 saturated heterocycles. The Hall–Kier alpha value is -1.06. The molecular formula is C9H8F4. The van der Waals surface area contributed by atoms with E-state index in [1.165, 1.54) is 13.8 Å². The van der Waals surface area contributed by atoms with Gasteiger partial charge in [-0.25, -0.2) is 4.39 Å². The molecule has 0 unspecified atom stereocenters. The molecule has 0 spiro atoms. The quantitative estimate of drug-likeness (QED) is 0.552. The van der Waals surface area contributed by atoms with E-state index < -0.39 is 17.6 Å². The molecule has 0 aliphatic heterocycles. The summed E-state index contributed by atoms with van der Waals surface area (Å²) in [4.78, 5) is 0. The van der Waals surface area contributed by atoms with Crippen molar-refractivity contribution in [1.29, 1.82) is 0 Å². The third-order valence-electron chi connectivity index (χ3n) is 1.93. The third kappa shape index (κ3) is 1.99. The lowest BCUT2D eigenvalue weighted by Gasteiger charge is -2.09. The first-order valence-corrected chi connectivity index (χ1v) is 3.66. The van der Waals surface area contributed by atoms with Crippen molar-refractivity contribution in [3.63, 3.8) is 0 Å². The van der Waals surface area contributed by atoms with Gasteiger partial charge in [0.1, 0.15) is 5.82 Å². The van der Waals surface area contributed by atoms with Crippen LogP contribution in [0.2, 0.25) is 0 Å². The van der Waals surface area contributed by atoms with Gasteiger partial charge < -0.3 is 0 Å². The number of rotatable bonds is 0. The maximum atomic E-state index is 12.9. The molecule has 4 heteroatoms. The molecular weight excluding hydrogens is 184 g/mol. The molecule has 72 valence electrons. The number of benzene rings is 1. The van der Waals surface area contributed by atoms with Crippen LogP contribution in [0.1, 0.15) is 16.7 Å². The highest BCUT2D eigenvalue weighted by molar-refractivity contribution is 5.32. The maximum absolute atomic E-state index is 12.9. The van der Waals surface area contributed by atoms with E-state index in [1.54, 1.807) is 0 Å². The summed E-state index contributed by atoms with van der Waals surface area (Å²) in [7, 11) is 0. The third-order valence-corrected chi connectivity index (χ3v) is 1.93. The molecule has 0 aliphatic carbocycles. The lowest BCUT2D eigenvalue weighted by atomic mass is 10.1. The van der Waals surface area contributed by atoms with E-state index in [4.69, 9.17) is 0 Å².